The maximum atomic E-state index is 11.1. The smallest absolute Gasteiger partial charge is 0.336 e. The van der Waals surface area contributed by atoms with Gasteiger partial charge in [-0.3, -0.25) is 0 Å². The van der Waals surface area contributed by atoms with Gasteiger partial charge in [-0.05, 0) is 36.2 Å². The van der Waals surface area contributed by atoms with Gasteiger partial charge in [0.15, 0.2) is 0 Å². The van der Waals surface area contributed by atoms with Gasteiger partial charge in [-0.25, -0.2) is 4.79 Å². The largest absolute Gasteiger partial charge is 0.478 e. The van der Waals surface area contributed by atoms with E-state index in [-0.39, 0.29) is 0 Å². The van der Waals surface area contributed by atoms with Gasteiger partial charge < -0.3 is 5.11 Å². The van der Waals surface area contributed by atoms with Crippen molar-refractivity contribution in [2.24, 2.45) is 11.3 Å². The first-order valence-electron chi connectivity index (χ1n) is 6.28. The minimum atomic E-state index is -0.768. The van der Waals surface area contributed by atoms with Crippen molar-refractivity contribution in [2.75, 3.05) is 0 Å². The monoisotopic (exact) mass is 252 g/mol. The van der Waals surface area contributed by atoms with Crippen molar-refractivity contribution in [3.63, 3.8) is 0 Å². The van der Waals surface area contributed by atoms with Crippen LogP contribution in [0.2, 0.25) is 0 Å². The molecule has 0 spiro atoms. The van der Waals surface area contributed by atoms with E-state index in [4.69, 9.17) is 5.11 Å². The van der Waals surface area contributed by atoms with E-state index in [0.29, 0.717) is 16.9 Å². The summed E-state index contributed by atoms with van der Waals surface area (Å²) in [4.78, 5) is 12.4. The lowest BCUT2D eigenvalue weighted by molar-refractivity contribution is 0.0695. The average Bonchev–Trinajstić information content (AvgIpc) is 2.71. The molecule has 2 rings (SSSR count). The van der Waals surface area contributed by atoms with Crippen molar-refractivity contribution in [3.8, 4) is 0 Å². The maximum Gasteiger partial charge on any atom is 0.336 e. The molecule has 0 radical (unpaired) electrons. The first-order valence-corrected chi connectivity index (χ1v) is 7.16. The molecule has 3 heteroatoms. The van der Waals surface area contributed by atoms with Crippen LogP contribution in [0.3, 0.4) is 0 Å². The third-order valence-corrected chi connectivity index (χ3v) is 5.45. The van der Waals surface area contributed by atoms with E-state index in [1.807, 2.05) is 5.38 Å². The van der Waals surface area contributed by atoms with Crippen molar-refractivity contribution < 1.29 is 9.90 Å². The van der Waals surface area contributed by atoms with Crippen LogP contribution in [0.25, 0.3) is 0 Å². The molecule has 94 valence electrons. The summed E-state index contributed by atoms with van der Waals surface area (Å²) in [5.41, 5.74) is 2.01. The predicted molar refractivity (Wildman–Crippen MR) is 70.9 cm³/mol. The fraction of sp³-hybridized carbons (Fsp3) is 0.643. The number of rotatable bonds is 3. The van der Waals surface area contributed by atoms with Gasteiger partial charge in [-0.1, -0.05) is 27.2 Å². The summed E-state index contributed by atoms with van der Waals surface area (Å²) in [5.74, 6) is -0.0732. The Morgan fingerprint density at radius 2 is 2.29 bits per heavy atom. The summed E-state index contributed by atoms with van der Waals surface area (Å²) in [6, 6.07) is 0. The van der Waals surface area contributed by atoms with Gasteiger partial charge in [0.25, 0.3) is 0 Å². The lowest BCUT2D eigenvalue weighted by Crippen LogP contribution is -2.28. The number of aromatic carboxylic acids is 1. The molecule has 0 amide bonds. The summed E-state index contributed by atoms with van der Waals surface area (Å²) in [6.07, 6.45) is 4.32. The SMILES string of the molecule is CCC(C)(C)[C@H]1CCc2c(C(=O)O)csc2C1. The van der Waals surface area contributed by atoms with Gasteiger partial charge in [0.1, 0.15) is 0 Å². The number of fused-ring (bicyclic) bond motifs is 1. The third-order valence-electron chi connectivity index (χ3n) is 4.40. The first kappa shape index (κ1) is 12.6. The molecular weight excluding hydrogens is 232 g/mol. The molecule has 0 aromatic carbocycles. The van der Waals surface area contributed by atoms with Crippen LogP contribution in [-0.4, -0.2) is 11.1 Å². The number of hydrogen-bond acceptors (Lipinski definition) is 2. The van der Waals surface area contributed by atoms with E-state index in [1.54, 1.807) is 11.3 Å². The highest BCUT2D eigenvalue weighted by Gasteiger charge is 2.33. The van der Waals surface area contributed by atoms with Gasteiger partial charge >= 0.3 is 5.97 Å². The molecule has 0 bridgehead atoms. The van der Waals surface area contributed by atoms with E-state index >= 15 is 0 Å². The summed E-state index contributed by atoms with van der Waals surface area (Å²) < 4.78 is 0. The van der Waals surface area contributed by atoms with E-state index < -0.39 is 5.97 Å². The fourth-order valence-corrected chi connectivity index (χ4v) is 3.80. The molecule has 1 aliphatic carbocycles. The lowest BCUT2D eigenvalue weighted by Gasteiger charge is -2.36. The quantitative estimate of drug-likeness (QED) is 0.883. The van der Waals surface area contributed by atoms with Gasteiger partial charge in [0, 0.05) is 10.3 Å². The molecule has 1 N–H and O–H groups in total. The predicted octanol–water partition coefficient (Wildman–Crippen LogP) is 3.99. The second kappa shape index (κ2) is 4.45. The lowest BCUT2D eigenvalue weighted by atomic mass is 9.69. The molecule has 1 aromatic heterocycles. The second-order valence-corrected chi connectivity index (χ2v) is 6.60. The van der Waals surface area contributed by atoms with Crippen LogP contribution in [0.4, 0.5) is 0 Å². The molecule has 2 nitrogen and oxygen atoms in total. The Morgan fingerprint density at radius 3 is 2.88 bits per heavy atom. The Morgan fingerprint density at radius 1 is 1.59 bits per heavy atom. The molecule has 0 saturated heterocycles. The van der Waals surface area contributed by atoms with Gasteiger partial charge in [-0.15, -0.1) is 11.3 Å². The second-order valence-electron chi connectivity index (χ2n) is 5.64. The zero-order valence-corrected chi connectivity index (χ0v) is 11.6. The van der Waals surface area contributed by atoms with E-state index in [0.717, 1.165) is 24.8 Å². The normalized spacial score (nSPS) is 20.1. The van der Waals surface area contributed by atoms with Crippen molar-refractivity contribution in [2.45, 2.75) is 46.5 Å². The van der Waals surface area contributed by atoms with Crippen LogP contribution in [0.1, 0.15) is 54.4 Å². The Kier molecular flexibility index (Phi) is 3.30. The van der Waals surface area contributed by atoms with Crippen molar-refractivity contribution in [3.05, 3.63) is 21.4 Å². The van der Waals surface area contributed by atoms with Crippen molar-refractivity contribution in [1.82, 2.24) is 0 Å². The fourth-order valence-electron chi connectivity index (χ4n) is 2.65. The van der Waals surface area contributed by atoms with Crippen LogP contribution in [-0.2, 0) is 12.8 Å². The summed E-state index contributed by atoms with van der Waals surface area (Å²) >= 11 is 1.63. The van der Waals surface area contributed by atoms with Gasteiger partial charge in [-0.2, -0.15) is 0 Å². The molecule has 1 heterocycles. The Labute approximate surface area is 107 Å². The Balaban J connectivity index is 2.24. The van der Waals surface area contributed by atoms with Crippen molar-refractivity contribution in [1.29, 1.82) is 0 Å². The number of carboxylic acid groups (broad SMARTS) is 1. The first-order chi connectivity index (χ1) is 7.95. The summed E-state index contributed by atoms with van der Waals surface area (Å²) in [7, 11) is 0. The van der Waals surface area contributed by atoms with Gasteiger partial charge in [0.05, 0.1) is 5.56 Å². The number of carbonyl (C=O) groups is 1. The third kappa shape index (κ3) is 2.25. The Hall–Kier alpha value is -0.830. The number of thiophene rings is 1. The molecule has 17 heavy (non-hydrogen) atoms. The maximum absolute atomic E-state index is 11.1. The van der Waals surface area contributed by atoms with E-state index in [1.165, 1.54) is 11.3 Å². The molecule has 0 unspecified atom stereocenters. The standard InChI is InChI=1S/C14H20O2S/c1-4-14(2,3)9-5-6-10-11(13(15)16)8-17-12(10)7-9/h8-9H,4-7H2,1-3H3,(H,15,16)/t9-/m0/s1. The van der Waals surface area contributed by atoms with E-state index in [9.17, 15) is 4.79 Å². The summed E-state index contributed by atoms with van der Waals surface area (Å²) in [6.45, 7) is 6.90. The van der Waals surface area contributed by atoms with E-state index in [2.05, 4.69) is 20.8 Å². The zero-order chi connectivity index (χ0) is 12.6. The average molecular weight is 252 g/mol. The Bertz CT molecular complexity index is 431. The molecule has 1 aliphatic rings. The van der Waals surface area contributed by atoms with Crippen LogP contribution in [0.15, 0.2) is 5.38 Å². The molecule has 0 saturated carbocycles. The topological polar surface area (TPSA) is 37.3 Å². The van der Waals surface area contributed by atoms with Crippen LogP contribution in [0.5, 0.6) is 0 Å². The number of hydrogen-bond donors (Lipinski definition) is 1. The highest BCUT2D eigenvalue weighted by atomic mass is 32.1. The van der Waals surface area contributed by atoms with Crippen LogP contribution in [0, 0.1) is 11.3 Å². The van der Waals surface area contributed by atoms with Crippen molar-refractivity contribution >= 4 is 17.3 Å². The molecular formula is C14H20O2S. The van der Waals surface area contributed by atoms with Gasteiger partial charge in [0.2, 0.25) is 0 Å². The highest BCUT2D eigenvalue weighted by Crippen LogP contribution is 2.42. The number of carboxylic acids is 1. The van der Waals surface area contributed by atoms with Crippen LogP contribution >= 0.6 is 11.3 Å². The zero-order valence-electron chi connectivity index (χ0n) is 10.7. The minimum absolute atomic E-state index is 0.366. The highest BCUT2D eigenvalue weighted by molar-refractivity contribution is 7.10. The molecule has 1 atom stereocenters. The minimum Gasteiger partial charge on any atom is -0.478 e. The molecule has 0 fully saturated rings. The van der Waals surface area contributed by atoms with Crippen LogP contribution < -0.4 is 0 Å². The summed E-state index contributed by atoms with van der Waals surface area (Å²) in [5, 5.41) is 10.9. The molecule has 1 aromatic rings. The molecule has 0 aliphatic heterocycles.